The van der Waals surface area contributed by atoms with Crippen molar-refractivity contribution < 1.29 is 9.59 Å². The van der Waals surface area contributed by atoms with Gasteiger partial charge in [0.15, 0.2) is 0 Å². The van der Waals surface area contributed by atoms with Crippen LogP contribution in [0.1, 0.15) is 53.6 Å². The predicted octanol–water partition coefficient (Wildman–Crippen LogP) is 4.65. The smallest absolute Gasteiger partial charge is 0.251 e. The molecule has 0 radical (unpaired) electrons. The minimum atomic E-state index is -0.468. The number of nitrogens with two attached hydrogens (primary N) is 1. The molecule has 4 nitrogen and oxygen atoms in total. The van der Waals surface area contributed by atoms with Gasteiger partial charge in [0.05, 0.1) is 5.56 Å². The Bertz CT molecular complexity index is 876. The van der Waals surface area contributed by atoms with Crippen LogP contribution in [0.5, 0.6) is 0 Å². The lowest BCUT2D eigenvalue weighted by Crippen LogP contribution is -2.27. The van der Waals surface area contributed by atoms with Crippen molar-refractivity contribution in [2.45, 2.75) is 40.0 Å². The molecule has 1 atom stereocenters. The molecular weight excluding hydrogens is 356 g/mol. The van der Waals surface area contributed by atoms with Gasteiger partial charge in [-0.1, -0.05) is 51.1 Å². The summed E-state index contributed by atoms with van der Waals surface area (Å²) in [6, 6.07) is 9.62. The number of carbonyl (C=O) groups excluding carboxylic acids is 2. The van der Waals surface area contributed by atoms with Crippen LogP contribution in [0.3, 0.4) is 0 Å². The van der Waals surface area contributed by atoms with E-state index < -0.39 is 5.91 Å². The van der Waals surface area contributed by atoms with Crippen LogP contribution in [-0.2, 0) is 17.6 Å². The van der Waals surface area contributed by atoms with Crippen LogP contribution in [0, 0.1) is 11.3 Å². The fourth-order valence-corrected chi connectivity index (χ4v) is 4.90. The molecule has 0 spiro atoms. The number of primary amides is 1. The van der Waals surface area contributed by atoms with Gasteiger partial charge in [-0.15, -0.1) is 11.3 Å². The fraction of sp³-hybridized carbons (Fsp3) is 0.364. The monoisotopic (exact) mass is 382 g/mol. The van der Waals surface area contributed by atoms with Gasteiger partial charge < -0.3 is 11.1 Å². The zero-order valence-electron chi connectivity index (χ0n) is 16.0. The Morgan fingerprint density at radius 2 is 1.93 bits per heavy atom. The van der Waals surface area contributed by atoms with Gasteiger partial charge in [-0.3, -0.25) is 9.59 Å². The maximum Gasteiger partial charge on any atom is 0.251 e. The Kier molecular flexibility index (Phi) is 5.51. The molecule has 0 bridgehead atoms. The molecule has 0 saturated carbocycles. The number of amides is 2. The molecule has 3 N–H and O–H groups in total. The van der Waals surface area contributed by atoms with Crippen LogP contribution in [0.25, 0.3) is 6.08 Å². The number of rotatable bonds is 4. The van der Waals surface area contributed by atoms with Gasteiger partial charge in [0.1, 0.15) is 5.00 Å². The van der Waals surface area contributed by atoms with Crippen LogP contribution in [0.4, 0.5) is 5.00 Å². The number of nitrogens with one attached hydrogen (secondary N) is 1. The number of anilines is 1. The van der Waals surface area contributed by atoms with E-state index in [1.54, 1.807) is 6.08 Å². The molecule has 5 heteroatoms. The van der Waals surface area contributed by atoms with Crippen LogP contribution in [-0.4, -0.2) is 11.8 Å². The molecule has 0 unspecified atom stereocenters. The molecule has 1 aromatic carbocycles. The van der Waals surface area contributed by atoms with Crippen molar-refractivity contribution in [2.75, 3.05) is 5.32 Å². The maximum atomic E-state index is 12.4. The number of carbonyl (C=O) groups is 2. The van der Waals surface area contributed by atoms with Gasteiger partial charge in [-0.05, 0) is 47.8 Å². The Morgan fingerprint density at radius 1 is 1.22 bits per heavy atom. The first-order valence-corrected chi connectivity index (χ1v) is 10.1. The minimum Gasteiger partial charge on any atom is -0.365 e. The van der Waals surface area contributed by atoms with E-state index in [2.05, 4.69) is 26.1 Å². The second kappa shape index (κ2) is 7.69. The summed E-state index contributed by atoms with van der Waals surface area (Å²) in [6.07, 6.45) is 6.04. The van der Waals surface area contributed by atoms with E-state index in [0.717, 1.165) is 30.4 Å². The third kappa shape index (κ3) is 4.48. The zero-order valence-corrected chi connectivity index (χ0v) is 16.9. The molecule has 2 amide bonds. The molecule has 27 heavy (non-hydrogen) atoms. The first-order valence-electron chi connectivity index (χ1n) is 9.24. The second-order valence-electron chi connectivity index (χ2n) is 8.11. The molecule has 1 aliphatic carbocycles. The Morgan fingerprint density at radius 3 is 2.56 bits per heavy atom. The largest absolute Gasteiger partial charge is 0.365 e. The fourth-order valence-electron chi connectivity index (χ4n) is 3.56. The quantitative estimate of drug-likeness (QED) is 0.756. The third-order valence-corrected chi connectivity index (χ3v) is 6.37. The van der Waals surface area contributed by atoms with Gasteiger partial charge in [-0.25, -0.2) is 0 Å². The summed E-state index contributed by atoms with van der Waals surface area (Å²) in [4.78, 5) is 25.6. The average molecular weight is 383 g/mol. The number of hydrogen-bond donors (Lipinski definition) is 2. The van der Waals surface area contributed by atoms with Crippen molar-refractivity contribution >= 4 is 34.2 Å². The lowest BCUT2D eigenvalue weighted by atomic mass is 9.72. The van der Waals surface area contributed by atoms with Gasteiger partial charge in [-0.2, -0.15) is 0 Å². The van der Waals surface area contributed by atoms with E-state index >= 15 is 0 Å². The van der Waals surface area contributed by atoms with Gasteiger partial charge in [0.2, 0.25) is 5.91 Å². The molecule has 3 rings (SSSR count). The van der Waals surface area contributed by atoms with Crippen molar-refractivity contribution in [3.63, 3.8) is 0 Å². The lowest BCUT2D eigenvalue weighted by molar-refractivity contribution is -0.111. The van der Waals surface area contributed by atoms with E-state index in [-0.39, 0.29) is 11.3 Å². The van der Waals surface area contributed by atoms with E-state index in [1.807, 2.05) is 30.3 Å². The highest BCUT2D eigenvalue weighted by Crippen LogP contribution is 2.44. The predicted molar refractivity (Wildman–Crippen MR) is 112 cm³/mol. The van der Waals surface area contributed by atoms with Gasteiger partial charge in [0.25, 0.3) is 5.91 Å². The summed E-state index contributed by atoms with van der Waals surface area (Å²) in [6.45, 7) is 6.76. The van der Waals surface area contributed by atoms with Crippen molar-refractivity contribution in [3.8, 4) is 0 Å². The summed E-state index contributed by atoms with van der Waals surface area (Å²) < 4.78 is 0. The molecule has 1 heterocycles. The maximum absolute atomic E-state index is 12.4. The van der Waals surface area contributed by atoms with Gasteiger partial charge >= 0.3 is 0 Å². The molecule has 0 saturated heterocycles. The molecule has 0 fully saturated rings. The highest BCUT2D eigenvalue weighted by Gasteiger charge is 2.33. The minimum absolute atomic E-state index is 0.219. The molecule has 0 aliphatic heterocycles. The first-order chi connectivity index (χ1) is 12.8. The first kappa shape index (κ1) is 19.4. The van der Waals surface area contributed by atoms with Crippen LogP contribution >= 0.6 is 11.3 Å². The van der Waals surface area contributed by atoms with Crippen LogP contribution in [0.15, 0.2) is 36.4 Å². The molecule has 1 aliphatic rings. The molecule has 2 aromatic rings. The normalized spacial score (nSPS) is 16.9. The highest BCUT2D eigenvalue weighted by atomic mass is 32.1. The Balaban J connectivity index is 1.82. The van der Waals surface area contributed by atoms with E-state index in [9.17, 15) is 9.59 Å². The topological polar surface area (TPSA) is 72.2 Å². The number of fused-ring (bicyclic) bond motifs is 1. The Hall–Kier alpha value is -2.40. The lowest BCUT2D eigenvalue weighted by Gasteiger charge is -2.33. The van der Waals surface area contributed by atoms with E-state index in [0.29, 0.717) is 16.5 Å². The molecule has 142 valence electrons. The van der Waals surface area contributed by atoms with Crippen molar-refractivity contribution in [1.29, 1.82) is 0 Å². The summed E-state index contributed by atoms with van der Waals surface area (Å²) >= 11 is 1.49. The third-order valence-electron chi connectivity index (χ3n) is 5.20. The number of benzene rings is 1. The van der Waals surface area contributed by atoms with Gasteiger partial charge in [0, 0.05) is 11.0 Å². The summed E-state index contributed by atoms with van der Waals surface area (Å²) in [7, 11) is 0. The van der Waals surface area contributed by atoms with E-state index in [1.165, 1.54) is 22.3 Å². The summed E-state index contributed by atoms with van der Waals surface area (Å²) in [5.41, 5.74) is 8.32. The molecular formula is C22H26N2O2S. The Labute approximate surface area is 164 Å². The standard InChI is InChI=1S/C22H26N2O2S/c1-22(2,3)15-10-11-16-17(13-15)27-21(19(16)20(23)26)24-18(25)12-9-14-7-5-4-6-8-14/h4-9,12,15H,10-11,13H2,1-3H3,(H2,23,26)(H,24,25)/b12-9+/t15-/m1/s1. The van der Waals surface area contributed by atoms with Crippen LogP contribution < -0.4 is 11.1 Å². The van der Waals surface area contributed by atoms with Crippen molar-refractivity contribution in [3.05, 3.63) is 58.0 Å². The van der Waals surface area contributed by atoms with Crippen molar-refractivity contribution in [2.24, 2.45) is 17.1 Å². The number of thiophene rings is 1. The highest BCUT2D eigenvalue weighted by molar-refractivity contribution is 7.17. The van der Waals surface area contributed by atoms with Crippen LogP contribution in [0.2, 0.25) is 0 Å². The average Bonchev–Trinajstić information content (AvgIpc) is 2.97. The van der Waals surface area contributed by atoms with E-state index in [4.69, 9.17) is 5.73 Å². The van der Waals surface area contributed by atoms with Crippen molar-refractivity contribution in [1.82, 2.24) is 0 Å². The zero-order chi connectivity index (χ0) is 19.6. The second-order valence-corrected chi connectivity index (χ2v) is 9.22. The SMILES string of the molecule is CC(C)(C)[C@@H]1CCc2c(sc(NC(=O)/C=C/c3ccccc3)c2C(N)=O)C1. The molecule has 1 aromatic heterocycles. The number of hydrogen-bond acceptors (Lipinski definition) is 3. The summed E-state index contributed by atoms with van der Waals surface area (Å²) in [5.74, 6) is -0.165. The summed E-state index contributed by atoms with van der Waals surface area (Å²) in [5, 5.41) is 3.44.